The van der Waals surface area contributed by atoms with Gasteiger partial charge in [-0.25, -0.2) is 13.8 Å². The molecular weight excluding hydrogens is 380 g/mol. The van der Waals surface area contributed by atoms with Crippen molar-refractivity contribution in [2.24, 2.45) is 0 Å². The molecule has 0 saturated heterocycles. The maximum Gasteiger partial charge on any atom is 0.254 e. The summed E-state index contributed by atoms with van der Waals surface area (Å²) >= 11 is 0. The molecule has 0 fully saturated rings. The van der Waals surface area contributed by atoms with Crippen LogP contribution in [0.4, 0.5) is 14.6 Å². The van der Waals surface area contributed by atoms with E-state index in [9.17, 15) is 8.78 Å². The lowest BCUT2D eigenvalue weighted by Gasteiger charge is -2.15. The first-order valence-corrected chi connectivity index (χ1v) is 8.69. The number of hydrogen-bond donors (Lipinski definition) is 1. The van der Waals surface area contributed by atoms with Crippen molar-refractivity contribution in [1.29, 1.82) is 0 Å². The minimum absolute atomic E-state index is 0.175. The minimum atomic E-state index is -0.637. The summed E-state index contributed by atoms with van der Waals surface area (Å²) in [4.78, 5) is 8.41. The van der Waals surface area contributed by atoms with Gasteiger partial charge in [0.2, 0.25) is 0 Å². The monoisotopic (exact) mass is 397 g/mol. The molecule has 0 bridgehead atoms. The van der Waals surface area contributed by atoms with Crippen LogP contribution in [-0.2, 0) is 6.54 Å². The average Bonchev–Trinajstić information content (AvgIpc) is 3.19. The van der Waals surface area contributed by atoms with Gasteiger partial charge in [0, 0.05) is 24.4 Å². The van der Waals surface area contributed by atoms with Gasteiger partial charge in [-0.05, 0) is 35.4 Å². The quantitative estimate of drug-likeness (QED) is 0.535. The van der Waals surface area contributed by atoms with Gasteiger partial charge in [-0.3, -0.25) is 0 Å². The van der Waals surface area contributed by atoms with E-state index in [-0.39, 0.29) is 6.54 Å². The third-order valence-corrected chi connectivity index (χ3v) is 4.38. The second kappa shape index (κ2) is 7.70. The number of benzene rings is 2. The van der Waals surface area contributed by atoms with Gasteiger partial charge in [0.05, 0.1) is 14.2 Å². The van der Waals surface area contributed by atoms with Crippen LogP contribution >= 0.6 is 0 Å². The van der Waals surface area contributed by atoms with Crippen molar-refractivity contribution in [1.82, 2.24) is 19.6 Å². The molecule has 4 aromatic rings. The molecule has 2 aromatic heterocycles. The van der Waals surface area contributed by atoms with Crippen LogP contribution in [0, 0.1) is 11.6 Å². The lowest BCUT2D eigenvalue weighted by Crippen LogP contribution is -2.08. The first-order valence-electron chi connectivity index (χ1n) is 8.69. The van der Waals surface area contributed by atoms with Gasteiger partial charge in [-0.2, -0.15) is 14.6 Å². The van der Waals surface area contributed by atoms with Crippen molar-refractivity contribution in [2.75, 3.05) is 19.5 Å². The summed E-state index contributed by atoms with van der Waals surface area (Å²) in [5, 5.41) is 7.40. The number of rotatable bonds is 6. The van der Waals surface area contributed by atoms with Crippen LogP contribution in [-0.4, -0.2) is 33.8 Å². The number of ether oxygens (including phenoxy) is 2. The predicted octanol–water partition coefficient (Wildman–Crippen LogP) is 3.70. The molecule has 1 N–H and O–H groups in total. The Kier molecular flexibility index (Phi) is 4.94. The second-order valence-corrected chi connectivity index (χ2v) is 6.19. The molecule has 0 radical (unpaired) electrons. The Bertz CT molecular complexity index is 1160. The maximum atomic E-state index is 13.5. The number of hydrogen-bond acceptors (Lipinski definition) is 6. The summed E-state index contributed by atoms with van der Waals surface area (Å²) in [6, 6.07) is 8.82. The van der Waals surface area contributed by atoms with E-state index >= 15 is 0 Å². The topological polar surface area (TPSA) is 73.6 Å². The Balaban J connectivity index is 1.77. The Morgan fingerprint density at radius 3 is 2.45 bits per heavy atom. The molecule has 0 spiro atoms. The number of nitrogens with zero attached hydrogens (tertiary/aromatic N) is 4. The minimum Gasteiger partial charge on any atom is -0.493 e. The van der Waals surface area contributed by atoms with E-state index in [1.165, 1.54) is 23.0 Å². The Hall–Kier alpha value is -3.75. The Morgan fingerprint density at radius 1 is 0.966 bits per heavy atom. The molecule has 0 atom stereocenters. The van der Waals surface area contributed by atoms with Crippen LogP contribution in [0.15, 0.2) is 48.9 Å². The van der Waals surface area contributed by atoms with Crippen molar-refractivity contribution < 1.29 is 18.3 Å². The summed E-state index contributed by atoms with van der Waals surface area (Å²) in [5.41, 5.74) is 1.95. The van der Waals surface area contributed by atoms with E-state index in [2.05, 4.69) is 20.4 Å². The van der Waals surface area contributed by atoms with E-state index < -0.39 is 11.6 Å². The fourth-order valence-corrected chi connectivity index (χ4v) is 3.06. The van der Waals surface area contributed by atoms with Crippen LogP contribution in [0.1, 0.15) is 5.56 Å². The summed E-state index contributed by atoms with van der Waals surface area (Å²) in [6.07, 6.45) is 3.04. The van der Waals surface area contributed by atoms with Crippen molar-refractivity contribution in [3.8, 4) is 22.6 Å². The smallest absolute Gasteiger partial charge is 0.254 e. The van der Waals surface area contributed by atoms with Gasteiger partial charge in [-0.15, -0.1) is 0 Å². The third kappa shape index (κ3) is 3.66. The number of methoxy groups -OCH3 is 2. The van der Waals surface area contributed by atoms with Gasteiger partial charge in [-0.1, -0.05) is 6.07 Å². The fourth-order valence-electron chi connectivity index (χ4n) is 3.06. The zero-order valence-electron chi connectivity index (χ0n) is 15.7. The number of halogens is 2. The van der Waals surface area contributed by atoms with Crippen LogP contribution in [0.5, 0.6) is 11.5 Å². The van der Waals surface area contributed by atoms with E-state index in [1.54, 1.807) is 26.5 Å². The largest absolute Gasteiger partial charge is 0.493 e. The summed E-state index contributed by atoms with van der Waals surface area (Å²) in [7, 11) is 3.11. The molecular formula is C20H17F2N5O2. The normalized spacial score (nSPS) is 10.9. The van der Waals surface area contributed by atoms with Crippen molar-refractivity contribution in [3.63, 3.8) is 0 Å². The first-order chi connectivity index (χ1) is 14.1. The molecule has 7 nitrogen and oxygen atoms in total. The van der Waals surface area contributed by atoms with Crippen LogP contribution < -0.4 is 14.8 Å². The highest BCUT2D eigenvalue weighted by Gasteiger charge is 2.15. The molecule has 0 aliphatic carbocycles. The standard InChI is InChI=1S/C20H17F2N5O2/c1-28-17-4-3-13(7-18(17)29-2)16-10-24-20-25-11-26-27(20)19(16)23-9-12-5-14(21)8-15(22)6-12/h3-8,10-11,23H,9H2,1-2H3. The molecule has 0 saturated carbocycles. The zero-order valence-corrected chi connectivity index (χ0v) is 15.7. The van der Waals surface area contributed by atoms with E-state index in [1.807, 2.05) is 12.1 Å². The summed E-state index contributed by atoms with van der Waals surface area (Å²) < 4.78 is 39.3. The molecule has 2 heterocycles. The molecule has 2 aromatic carbocycles. The number of aromatic nitrogens is 4. The Morgan fingerprint density at radius 2 is 1.72 bits per heavy atom. The highest BCUT2D eigenvalue weighted by molar-refractivity contribution is 5.77. The highest BCUT2D eigenvalue weighted by atomic mass is 19.1. The molecule has 0 aliphatic heterocycles. The number of nitrogens with one attached hydrogen (secondary N) is 1. The van der Waals surface area contributed by atoms with E-state index in [4.69, 9.17) is 9.47 Å². The van der Waals surface area contributed by atoms with E-state index in [0.29, 0.717) is 34.2 Å². The summed E-state index contributed by atoms with van der Waals surface area (Å²) in [5.74, 6) is 0.842. The number of fused-ring (bicyclic) bond motifs is 1. The van der Waals surface area contributed by atoms with Crippen molar-refractivity contribution >= 4 is 11.6 Å². The summed E-state index contributed by atoms with van der Waals surface area (Å²) in [6.45, 7) is 0.175. The maximum absolute atomic E-state index is 13.5. The predicted molar refractivity (Wildman–Crippen MR) is 103 cm³/mol. The SMILES string of the molecule is COc1ccc(-c2cnc3ncnn3c2NCc2cc(F)cc(F)c2)cc1OC. The van der Waals surface area contributed by atoms with Gasteiger partial charge in [0.1, 0.15) is 23.8 Å². The average molecular weight is 397 g/mol. The van der Waals surface area contributed by atoms with Gasteiger partial charge in [0.15, 0.2) is 11.5 Å². The van der Waals surface area contributed by atoms with Gasteiger partial charge in [0.25, 0.3) is 5.78 Å². The molecule has 29 heavy (non-hydrogen) atoms. The molecule has 0 unspecified atom stereocenters. The molecule has 4 rings (SSSR count). The third-order valence-electron chi connectivity index (χ3n) is 4.38. The fraction of sp³-hybridized carbons (Fsp3) is 0.150. The molecule has 0 amide bonds. The van der Waals surface area contributed by atoms with Gasteiger partial charge < -0.3 is 14.8 Å². The number of anilines is 1. The molecule has 148 valence electrons. The highest BCUT2D eigenvalue weighted by Crippen LogP contribution is 2.35. The van der Waals surface area contributed by atoms with Crippen molar-refractivity contribution in [2.45, 2.75) is 6.54 Å². The van der Waals surface area contributed by atoms with Crippen molar-refractivity contribution in [3.05, 3.63) is 66.1 Å². The van der Waals surface area contributed by atoms with E-state index in [0.717, 1.165) is 11.6 Å². The zero-order chi connectivity index (χ0) is 20.4. The molecule has 0 aliphatic rings. The lowest BCUT2D eigenvalue weighted by molar-refractivity contribution is 0.355. The first kappa shape index (κ1) is 18.6. The van der Waals surface area contributed by atoms with Crippen LogP contribution in [0.25, 0.3) is 16.9 Å². The second-order valence-electron chi connectivity index (χ2n) is 6.19. The van der Waals surface area contributed by atoms with Crippen LogP contribution in [0.2, 0.25) is 0 Å². The lowest BCUT2D eigenvalue weighted by atomic mass is 10.1. The Labute approximate surface area is 164 Å². The van der Waals surface area contributed by atoms with Gasteiger partial charge >= 0.3 is 0 Å². The van der Waals surface area contributed by atoms with Crippen LogP contribution in [0.3, 0.4) is 0 Å². The molecule has 9 heteroatoms.